The summed E-state index contributed by atoms with van der Waals surface area (Å²) in [5.74, 6) is 0. The number of rotatable bonds is 5. The average Bonchev–Trinajstić information content (AvgIpc) is 3.24. The van der Waals surface area contributed by atoms with E-state index in [2.05, 4.69) is 33.8 Å². The van der Waals surface area contributed by atoms with Crippen LogP contribution in [0.25, 0.3) is 15.9 Å². The van der Waals surface area contributed by atoms with Gasteiger partial charge in [0.2, 0.25) is 0 Å². The maximum absolute atomic E-state index is 12.2. The van der Waals surface area contributed by atoms with E-state index in [1.807, 2.05) is 11.4 Å². The number of nitrogens with zero attached hydrogens (tertiary/aromatic N) is 4. The van der Waals surface area contributed by atoms with Gasteiger partial charge in [-0.25, -0.2) is 9.78 Å². The molecular weight excluding hydrogens is 412 g/mol. The number of hydrogen-bond acceptors (Lipinski definition) is 7. The first-order valence-electron chi connectivity index (χ1n) is 10.6. The second-order valence-corrected chi connectivity index (χ2v) is 8.84. The van der Waals surface area contributed by atoms with Crippen molar-refractivity contribution in [1.82, 2.24) is 19.2 Å². The van der Waals surface area contributed by atoms with Crippen molar-refractivity contribution in [3.8, 4) is 0 Å². The molecule has 1 aromatic carbocycles. The van der Waals surface area contributed by atoms with Crippen molar-refractivity contribution in [3.05, 3.63) is 79.5 Å². The maximum Gasteiger partial charge on any atom is 0.336 e. The normalized spacial score (nSPS) is 15.8. The molecule has 1 fully saturated rings. The minimum atomic E-state index is -0.296. The zero-order valence-electron chi connectivity index (χ0n) is 17.4. The SMILES string of the molecule is CCc1ccc2c(CN3CCN(Cc4cc(=O)n5ccsc5n4)CC3)cc(=O)oc2c1. The Morgan fingerprint density at radius 1 is 1.03 bits per heavy atom. The minimum Gasteiger partial charge on any atom is -0.423 e. The fourth-order valence-corrected chi connectivity index (χ4v) is 4.91. The summed E-state index contributed by atoms with van der Waals surface area (Å²) in [7, 11) is 0. The standard InChI is InChI=1S/C23H24N4O3S/c1-2-16-3-4-19-17(12-22(29)30-20(19)11-16)14-25-5-7-26(8-6-25)15-18-13-21(28)27-9-10-31-23(27)24-18/h3-4,9-13H,2,5-8,14-15H2,1H3. The molecular formula is C23H24N4O3S. The molecule has 0 bridgehead atoms. The molecule has 7 nitrogen and oxygen atoms in total. The predicted octanol–water partition coefficient (Wildman–Crippen LogP) is 2.74. The molecule has 1 aliphatic heterocycles. The van der Waals surface area contributed by atoms with Gasteiger partial charge in [-0.05, 0) is 23.6 Å². The Bertz CT molecular complexity index is 1350. The topological polar surface area (TPSA) is 71.1 Å². The van der Waals surface area contributed by atoms with Crippen LogP contribution in [0, 0.1) is 0 Å². The highest BCUT2D eigenvalue weighted by Crippen LogP contribution is 2.21. The summed E-state index contributed by atoms with van der Waals surface area (Å²) in [6, 6.07) is 9.38. The first-order chi connectivity index (χ1) is 15.1. The fourth-order valence-electron chi connectivity index (χ4n) is 4.17. The zero-order chi connectivity index (χ0) is 21.4. The van der Waals surface area contributed by atoms with Crippen LogP contribution in [0.3, 0.4) is 0 Å². The second-order valence-electron chi connectivity index (χ2n) is 7.97. The number of thiazole rings is 1. The predicted molar refractivity (Wildman–Crippen MR) is 122 cm³/mol. The molecule has 5 rings (SSSR count). The van der Waals surface area contributed by atoms with Crippen LogP contribution in [-0.4, -0.2) is 45.4 Å². The largest absolute Gasteiger partial charge is 0.423 e. The Hall–Kier alpha value is -2.81. The highest BCUT2D eigenvalue weighted by molar-refractivity contribution is 7.15. The maximum atomic E-state index is 12.2. The van der Waals surface area contributed by atoms with E-state index in [0.717, 1.165) is 66.3 Å². The lowest BCUT2D eigenvalue weighted by molar-refractivity contribution is 0.121. The molecule has 4 aromatic rings. The molecule has 0 amide bonds. The van der Waals surface area contributed by atoms with Crippen molar-refractivity contribution >= 4 is 27.3 Å². The summed E-state index contributed by atoms with van der Waals surface area (Å²) in [5, 5.41) is 2.89. The molecule has 1 aliphatic rings. The van der Waals surface area contributed by atoms with Gasteiger partial charge in [-0.3, -0.25) is 19.0 Å². The summed E-state index contributed by atoms with van der Waals surface area (Å²) < 4.78 is 7.02. The van der Waals surface area contributed by atoms with Crippen molar-refractivity contribution < 1.29 is 4.42 Å². The van der Waals surface area contributed by atoms with Crippen LogP contribution >= 0.6 is 11.3 Å². The molecule has 3 aromatic heterocycles. The van der Waals surface area contributed by atoms with Gasteiger partial charge in [0.15, 0.2) is 4.96 Å². The zero-order valence-corrected chi connectivity index (χ0v) is 18.2. The van der Waals surface area contributed by atoms with E-state index in [9.17, 15) is 9.59 Å². The molecule has 0 atom stereocenters. The molecule has 0 radical (unpaired) electrons. The molecule has 160 valence electrons. The van der Waals surface area contributed by atoms with Crippen molar-refractivity contribution in [3.63, 3.8) is 0 Å². The van der Waals surface area contributed by atoms with Gasteiger partial charge in [0, 0.05) is 68.4 Å². The van der Waals surface area contributed by atoms with Crippen molar-refractivity contribution in [2.45, 2.75) is 26.4 Å². The Morgan fingerprint density at radius 3 is 2.58 bits per heavy atom. The summed E-state index contributed by atoms with van der Waals surface area (Å²) in [6.07, 6.45) is 2.67. The number of fused-ring (bicyclic) bond motifs is 2. The third-order valence-electron chi connectivity index (χ3n) is 5.90. The van der Waals surface area contributed by atoms with Crippen LogP contribution in [0.2, 0.25) is 0 Å². The van der Waals surface area contributed by atoms with Crippen LogP contribution in [0.4, 0.5) is 0 Å². The van der Waals surface area contributed by atoms with Gasteiger partial charge in [0.1, 0.15) is 5.58 Å². The van der Waals surface area contributed by atoms with Crippen LogP contribution in [-0.2, 0) is 19.5 Å². The van der Waals surface area contributed by atoms with Crippen LogP contribution < -0.4 is 11.2 Å². The molecule has 0 unspecified atom stereocenters. The second kappa shape index (κ2) is 8.37. The van der Waals surface area contributed by atoms with E-state index in [0.29, 0.717) is 12.1 Å². The van der Waals surface area contributed by atoms with Crippen LogP contribution in [0.5, 0.6) is 0 Å². The first kappa shape index (κ1) is 20.1. The van der Waals surface area contributed by atoms with Gasteiger partial charge >= 0.3 is 5.63 Å². The number of aryl methyl sites for hydroxylation is 1. The number of aromatic nitrogens is 2. The van der Waals surface area contributed by atoms with Crippen LogP contribution in [0.15, 0.2) is 55.9 Å². The number of benzene rings is 1. The minimum absolute atomic E-state index is 0.0269. The number of hydrogen-bond donors (Lipinski definition) is 0. The molecule has 0 saturated carbocycles. The highest BCUT2D eigenvalue weighted by atomic mass is 32.1. The molecule has 0 spiro atoms. The summed E-state index contributed by atoms with van der Waals surface area (Å²) >= 11 is 1.48. The van der Waals surface area contributed by atoms with Gasteiger partial charge < -0.3 is 4.42 Å². The van der Waals surface area contributed by atoms with Crippen LogP contribution in [0.1, 0.15) is 23.7 Å². The monoisotopic (exact) mass is 436 g/mol. The van der Waals surface area contributed by atoms with E-state index < -0.39 is 0 Å². The third kappa shape index (κ3) is 4.19. The Labute approximate surface area is 183 Å². The Morgan fingerprint density at radius 2 is 1.81 bits per heavy atom. The molecule has 0 aliphatic carbocycles. The Kier molecular flexibility index (Phi) is 5.43. The van der Waals surface area contributed by atoms with Gasteiger partial charge in [-0.15, -0.1) is 11.3 Å². The summed E-state index contributed by atoms with van der Waals surface area (Å²) in [5.41, 5.74) is 3.34. The van der Waals surface area contributed by atoms with E-state index in [4.69, 9.17) is 4.42 Å². The summed E-state index contributed by atoms with van der Waals surface area (Å²) in [6.45, 7) is 7.07. The van der Waals surface area contributed by atoms with Crippen molar-refractivity contribution in [1.29, 1.82) is 0 Å². The van der Waals surface area contributed by atoms with Gasteiger partial charge in [0.25, 0.3) is 5.56 Å². The van der Waals surface area contributed by atoms with E-state index in [-0.39, 0.29) is 11.2 Å². The lowest BCUT2D eigenvalue weighted by Crippen LogP contribution is -2.45. The number of piperazine rings is 1. The summed E-state index contributed by atoms with van der Waals surface area (Å²) in [4.78, 5) is 34.3. The quantitative estimate of drug-likeness (QED) is 0.448. The molecule has 4 heterocycles. The molecule has 1 saturated heterocycles. The Balaban J connectivity index is 1.26. The lowest BCUT2D eigenvalue weighted by Gasteiger charge is -2.34. The molecule has 8 heteroatoms. The highest BCUT2D eigenvalue weighted by Gasteiger charge is 2.19. The van der Waals surface area contributed by atoms with E-state index in [1.54, 1.807) is 22.7 Å². The van der Waals surface area contributed by atoms with Gasteiger partial charge in [-0.2, -0.15) is 0 Å². The van der Waals surface area contributed by atoms with Crippen molar-refractivity contribution in [2.75, 3.05) is 26.2 Å². The third-order valence-corrected chi connectivity index (χ3v) is 6.66. The van der Waals surface area contributed by atoms with Crippen molar-refractivity contribution in [2.24, 2.45) is 0 Å². The molecule has 0 N–H and O–H groups in total. The average molecular weight is 437 g/mol. The fraction of sp³-hybridized carbons (Fsp3) is 0.348. The van der Waals surface area contributed by atoms with Gasteiger partial charge in [-0.1, -0.05) is 19.1 Å². The van der Waals surface area contributed by atoms with E-state index in [1.165, 1.54) is 11.3 Å². The smallest absolute Gasteiger partial charge is 0.336 e. The first-order valence-corrected chi connectivity index (χ1v) is 11.4. The van der Waals surface area contributed by atoms with Gasteiger partial charge in [0.05, 0.1) is 5.69 Å². The lowest BCUT2D eigenvalue weighted by atomic mass is 10.1. The van der Waals surface area contributed by atoms with E-state index >= 15 is 0 Å². The molecule has 31 heavy (non-hydrogen) atoms.